The van der Waals surface area contributed by atoms with Gasteiger partial charge in [-0.05, 0) is 12.1 Å². The molecule has 0 radical (unpaired) electrons. The Hall–Kier alpha value is -0.470. The van der Waals surface area contributed by atoms with Gasteiger partial charge in [0, 0.05) is 6.20 Å². The van der Waals surface area contributed by atoms with Crippen molar-refractivity contribution in [2.24, 2.45) is 0 Å². The van der Waals surface area contributed by atoms with Crippen LogP contribution in [0.1, 0.15) is 0 Å². The molecule has 2 nitrogen and oxygen atoms in total. The van der Waals surface area contributed by atoms with Gasteiger partial charge in [-0.1, -0.05) is 0 Å². The normalized spacial score (nSPS) is 8.45. The van der Waals surface area contributed by atoms with Gasteiger partial charge in [-0.3, -0.25) is 4.98 Å². The maximum Gasteiger partial charge on any atom is 0.137 e. The second-order valence-electron chi connectivity index (χ2n) is 1.73. The van der Waals surface area contributed by atoms with Crippen LogP contribution in [0.3, 0.4) is 0 Å². The summed E-state index contributed by atoms with van der Waals surface area (Å²) < 4.78 is 5.16. The lowest BCUT2D eigenvalue weighted by Gasteiger charge is -2.00. The average Bonchev–Trinajstić information content (AvgIpc) is 2.03. The zero-order valence-electron chi connectivity index (χ0n) is 5.87. The van der Waals surface area contributed by atoms with Crippen molar-refractivity contribution in [2.75, 3.05) is 12.5 Å². The van der Waals surface area contributed by atoms with Crippen molar-refractivity contribution >= 4 is 24.0 Å². The Labute approximate surface area is 77.0 Å². The van der Waals surface area contributed by atoms with Crippen LogP contribution in [-0.2, 0) is 0 Å². The number of alkyl halides is 1. The summed E-state index contributed by atoms with van der Waals surface area (Å²) in [5, 5.41) is 0. The molecule has 0 bridgehead atoms. The number of halogens is 2. The predicted octanol–water partition coefficient (Wildman–Crippen LogP) is 2.12. The van der Waals surface area contributed by atoms with E-state index in [-0.39, 0.29) is 12.4 Å². The molecule has 11 heavy (non-hydrogen) atoms. The summed E-state index contributed by atoms with van der Waals surface area (Å²) in [7, 11) is 0. The molecule has 0 aromatic carbocycles. The van der Waals surface area contributed by atoms with Crippen molar-refractivity contribution in [3.63, 3.8) is 0 Å². The minimum atomic E-state index is 0. The van der Waals surface area contributed by atoms with E-state index in [0.717, 1.165) is 5.75 Å². The number of nitrogens with zero attached hydrogens (tertiary/aromatic N) is 1. The lowest BCUT2D eigenvalue weighted by atomic mass is 10.5. The first-order chi connectivity index (χ1) is 4.93. The van der Waals surface area contributed by atoms with E-state index in [1.807, 2.05) is 12.1 Å². The van der Waals surface area contributed by atoms with Crippen LogP contribution in [0.2, 0.25) is 0 Å². The minimum Gasteiger partial charge on any atom is -0.491 e. The van der Waals surface area contributed by atoms with E-state index in [9.17, 15) is 0 Å². The number of ether oxygens (including phenoxy) is 1. The van der Waals surface area contributed by atoms with Crippen LogP contribution in [0.5, 0.6) is 5.75 Å². The van der Waals surface area contributed by atoms with E-state index in [1.165, 1.54) is 0 Å². The highest BCUT2D eigenvalue weighted by Crippen LogP contribution is 2.05. The van der Waals surface area contributed by atoms with Gasteiger partial charge >= 0.3 is 0 Å². The van der Waals surface area contributed by atoms with Crippen molar-refractivity contribution in [3.05, 3.63) is 24.5 Å². The molecule has 4 heteroatoms. The first-order valence-corrected chi connectivity index (χ1v) is 3.55. The zero-order valence-corrected chi connectivity index (χ0v) is 7.44. The van der Waals surface area contributed by atoms with E-state index in [4.69, 9.17) is 16.3 Å². The van der Waals surface area contributed by atoms with E-state index >= 15 is 0 Å². The van der Waals surface area contributed by atoms with Gasteiger partial charge in [0.05, 0.1) is 12.1 Å². The largest absolute Gasteiger partial charge is 0.491 e. The molecule has 0 saturated heterocycles. The molecule has 0 atom stereocenters. The molecule has 0 fully saturated rings. The lowest BCUT2D eigenvalue weighted by Crippen LogP contribution is -1.97. The van der Waals surface area contributed by atoms with Crippen LogP contribution in [0.15, 0.2) is 24.5 Å². The Bertz CT molecular complexity index is 181. The first kappa shape index (κ1) is 10.5. The summed E-state index contributed by atoms with van der Waals surface area (Å²) >= 11 is 5.41. The molecular formula is C7H9Cl2NO. The SMILES string of the molecule is Cl.ClCCOc1cccnc1. The van der Waals surface area contributed by atoms with Gasteiger partial charge in [0.1, 0.15) is 12.4 Å². The standard InChI is InChI=1S/C7H8ClNO.ClH/c8-3-5-10-7-2-1-4-9-6-7;/h1-2,4,6H,3,5H2;1H. The molecule has 0 aliphatic heterocycles. The smallest absolute Gasteiger partial charge is 0.137 e. The van der Waals surface area contributed by atoms with Crippen molar-refractivity contribution in [2.45, 2.75) is 0 Å². The summed E-state index contributed by atoms with van der Waals surface area (Å²) in [5.41, 5.74) is 0. The van der Waals surface area contributed by atoms with Gasteiger partial charge in [0.2, 0.25) is 0 Å². The van der Waals surface area contributed by atoms with Crippen molar-refractivity contribution in [1.82, 2.24) is 4.98 Å². The number of aromatic nitrogens is 1. The number of pyridine rings is 1. The zero-order chi connectivity index (χ0) is 7.23. The van der Waals surface area contributed by atoms with Crippen LogP contribution in [0.4, 0.5) is 0 Å². The second kappa shape index (κ2) is 6.25. The minimum absolute atomic E-state index is 0. The van der Waals surface area contributed by atoms with Gasteiger partial charge in [-0.25, -0.2) is 0 Å². The van der Waals surface area contributed by atoms with E-state index < -0.39 is 0 Å². The van der Waals surface area contributed by atoms with Crippen molar-refractivity contribution in [1.29, 1.82) is 0 Å². The third kappa shape index (κ3) is 4.06. The molecule has 0 N–H and O–H groups in total. The Morgan fingerprint density at radius 3 is 2.91 bits per heavy atom. The Kier molecular flexibility index (Phi) is 5.99. The van der Waals surface area contributed by atoms with Gasteiger partial charge < -0.3 is 4.74 Å². The van der Waals surface area contributed by atoms with Crippen LogP contribution in [0, 0.1) is 0 Å². The molecule has 0 amide bonds. The monoisotopic (exact) mass is 193 g/mol. The van der Waals surface area contributed by atoms with Gasteiger partial charge in [-0.15, -0.1) is 24.0 Å². The molecule has 0 aliphatic rings. The number of hydrogen-bond donors (Lipinski definition) is 0. The molecule has 0 unspecified atom stereocenters. The summed E-state index contributed by atoms with van der Waals surface area (Å²) in [4.78, 5) is 3.87. The van der Waals surface area contributed by atoms with Crippen LogP contribution >= 0.6 is 24.0 Å². The first-order valence-electron chi connectivity index (χ1n) is 3.02. The molecule has 1 aromatic rings. The Morgan fingerprint density at radius 2 is 2.36 bits per heavy atom. The highest BCUT2D eigenvalue weighted by atomic mass is 35.5. The quantitative estimate of drug-likeness (QED) is 0.687. The van der Waals surface area contributed by atoms with E-state index in [2.05, 4.69) is 4.98 Å². The van der Waals surface area contributed by atoms with Gasteiger partial charge in [0.25, 0.3) is 0 Å². The molecule has 1 rings (SSSR count). The second-order valence-corrected chi connectivity index (χ2v) is 2.10. The fraction of sp³-hybridized carbons (Fsp3) is 0.286. The van der Waals surface area contributed by atoms with Crippen molar-refractivity contribution < 1.29 is 4.74 Å². The fourth-order valence-electron chi connectivity index (χ4n) is 0.589. The molecule has 1 aromatic heterocycles. The molecule has 1 heterocycles. The van der Waals surface area contributed by atoms with E-state index in [0.29, 0.717) is 12.5 Å². The maximum atomic E-state index is 5.41. The van der Waals surface area contributed by atoms with Crippen LogP contribution in [-0.4, -0.2) is 17.5 Å². The topological polar surface area (TPSA) is 22.1 Å². The highest BCUT2D eigenvalue weighted by Gasteiger charge is 1.88. The maximum absolute atomic E-state index is 5.41. The average molecular weight is 194 g/mol. The van der Waals surface area contributed by atoms with Gasteiger partial charge in [0.15, 0.2) is 0 Å². The summed E-state index contributed by atoms with van der Waals surface area (Å²) in [6, 6.07) is 3.67. The Morgan fingerprint density at radius 1 is 1.55 bits per heavy atom. The number of rotatable bonds is 3. The van der Waals surface area contributed by atoms with E-state index in [1.54, 1.807) is 12.4 Å². The van der Waals surface area contributed by atoms with Crippen LogP contribution in [0.25, 0.3) is 0 Å². The summed E-state index contributed by atoms with van der Waals surface area (Å²) in [6.07, 6.45) is 3.36. The number of hydrogen-bond acceptors (Lipinski definition) is 2. The third-order valence-electron chi connectivity index (χ3n) is 0.980. The third-order valence-corrected chi connectivity index (χ3v) is 1.13. The lowest BCUT2D eigenvalue weighted by molar-refractivity contribution is 0.341. The van der Waals surface area contributed by atoms with Gasteiger partial charge in [-0.2, -0.15) is 0 Å². The molecular weight excluding hydrogens is 185 g/mol. The summed E-state index contributed by atoms with van der Waals surface area (Å²) in [6.45, 7) is 0.535. The fourth-order valence-corrected chi connectivity index (χ4v) is 0.666. The molecule has 0 saturated carbocycles. The Balaban J connectivity index is 0.000001000. The molecule has 0 aliphatic carbocycles. The van der Waals surface area contributed by atoms with Crippen molar-refractivity contribution in [3.8, 4) is 5.75 Å². The predicted molar refractivity (Wildman–Crippen MR) is 47.7 cm³/mol. The highest BCUT2D eigenvalue weighted by molar-refractivity contribution is 6.17. The molecule has 0 spiro atoms. The van der Waals surface area contributed by atoms with Crippen LogP contribution < -0.4 is 4.74 Å². The molecule has 62 valence electrons. The summed E-state index contributed by atoms with van der Waals surface area (Å²) in [5.74, 6) is 1.28.